The van der Waals surface area contributed by atoms with Crippen LogP contribution in [0.5, 0.6) is 0 Å². The van der Waals surface area contributed by atoms with Gasteiger partial charge < -0.3 is 0 Å². The van der Waals surface area contributed by atoms with Gasteiger partial charge in [-0.15, -0.1) is 0 Å². The molecule has 6 fully saturated rings. The number of nitrogens with zero attached hydrogens (tertiary/aromatic N) is 1. The maximum atomic E-state index is 11.3. The Bertz CT molecular complexity index is 510. The van der Waals surface area contributed by atoms with Crippen molar-refractivity contribution in [2.24, 2.45) is 17.8 Å². The Kier molecular flexibility index (Phi) is 2.22. The molecule has 6 aliphatic rings. The highest BCUT2D eigenvalue weighted by atomic mass is 32.3. The molecule has 20 heavy (non-hydrogen) atoms. The molecule has 0 aromatic heterocycles. The summed E-state index contributed by atoms with van der Waals surface area (Å²) in [5.74, 6) is 1.59. The van der Waals surface area contributed by atoms with Crippen LogP contribution in [-0.2, 0) is 18.8 Å². The average molecular weight is 299 g/mol. The maximum Gasteiger partial charge on any atom is 0.407 e. The lowest BCUT2D eigenvalue weighted by Gasteiger charge is -2.62. The molecule has 0 radical (unpaired) electrons. The summed E-state index contributed by atoms with van der Waals surface area (Å²) in [6.45, 7) is 0.918. The maximum absolute atomic E-state index is 11.3. The minimum atomic E-state index is -3.72. The molecule has 112 valence electrons. The highest BCUT2D eigenvalue weighted by Gasteiger charge is 2.66. The van der Waals surface area contributed by atoms with E-state index in [0.717, 1.165) is 30.7 Å². The van der Waals surface area contributed by atoms with Crippen LogP contribution >= 0.6 is 0 Å². The van der Waals surface area contributed by atoms with Gasteiger partial charge in [-0.25, -0.2) is 4.90 Å². The Morgan fingerprint density at radius 2 is 1.50 bits per heavy atom. The molecule has 4 saturated carbocycles. The number of hydrogen-bond donors (Lipinski definition) is 0. The van der Waals surface area contributed by atoms with Crippen molar-refractivity contribution in [2.75, 3.05) is 6.54 Å². The summed E-state index contributed by atoms with van der Waals surface area (Å²) >= 11 is 0. The van der Waals surface area contributed by atoms with Gasteiger partial charge in [0.2, 0.25) is 0 Å². The molecule has 2 aliphatic heterocycles. The van der Waals surface area contributed by atoms with Crippen LogP contribution in [0, 0.1) is 17.8 Å². The molecule has 6 rings (SSSR count). The van der Waals surface area contributed by atoms with Crippen LogP contribution in [0.2, 0.25) is 0 Å². The Morgan fingerprint density at radius 1 is 0.950 bits per heavy atom. The summed E-state index contributed by atoms with van der Waals surface area (Å²) in [6.07, 6.45) is 9.47. The second-order valence-electron chi connectivity index (χ2n) is 7.68. The summed E-state index contributed by atoms with van der Waals surface area (Å²) in [4.78, 5) is 2.30. The van der Waals surface area contributed by atoms with Gasteiger partial charge in [0.05, 0.1) is 0 Å². The SMILES string of the molecule is O=S1(=O)OC2(CCCN2C23CC4CC(CC(C4)C2)C3)O1. The normalized spacial score (nSPS) is 51.5. The molecule has 0 N–H and O–H groups in total. The molecule has 0 unspecified atom stereocenters. The predicted octanol–water partition coefficient (Wildman–Crippen LogP) is 2.00. The first-order valence-corrected chi connectivity index (χ1v) is 9.26. The van der Waals surface area contributed by atoms with E-state index in [1.165, 1.54) is 38.5 Å². The van der Waals surface area contributed by atoms with Crippen molar-refractivity contribution in [1.82, 2.24) is 4.90 Å². The average Bonchev–Trinajstić information content (AvgIpc) is 2.70. The molecule has 0 amide bonds. The topological polar surface area (TPSA) is 55.8 Å². The fraction of sp³-hybridized carbons (Fsp3) is 1.00. The molecule has 4 bridgehead atoms. The molecule has 0 aromatic carbocycles. The summed E-state index contributed by atoms with van der Waals surface area (Å²) in [5, 5.41) is 0. The van der Waals surface area contributed by atoms with Gasteiger partial charge in [-0.3, -0.25) is 0 Å². The highest BCUT2D eigenvalue weighted by molar-refractivity contribution is 7.82. The molecular formula is C14H21NO4S. The minimum absolute atomic E-state index is 0.154. The van der Waals surface area contributed by atoms with E-state index in [9.17, 15) is 8.42 Å². The molecule has 6 heteroatoms. The largest absolute Gasteiger partial charge is 0.407 e. The van der Waals surface area contributed by atoms with Crippen molar-refractivity contribution in [3.05, 3.63) is 0 Å². The van der Waals surface area contributed by atoms with Gasteiger partial charge in [0.15, 0.2) is 0 Å². The van der Waals surface area contributed by atoms with Crippen molar-refractivity contribution in [3.63, 3.8) is 0 Å². The fourth-order valence-electron chi connectivity index (χ4n) is 6.26. The smallest absolute Gasteiger partial charge is 0.245 e. The summed E-state index contributed by atoms with van der Waals surface area (Å²) in [7, 11) is -3.72. The van der Waals surface area contributed by atoms with Crippen molar-refractivity contribution in [3.8, 4) is 0 Å². The van der Waals surface area contributed by atoms with E-state index in [1.807, 2.05) is 0 Å². The molecule has 0 atom stereocenters. The molecule has 4 aliphatic carbocycles. The van der Waals surface area contributed by atoms with E-state index in [-0.39, 0.29) is 5.54 Å². The van der Waals surface area contributed by atoms with Gasteiger partial charge in [0.25, 0.3) is 5.91 Å². The lowest BCUT2D eigenvalue weighted by Crippen LogP contribution is -2.69. The zero-order chi connectivity index (χ0) is 13.6. The monoisotopic (exact) mass is 299 g/mol. The number of likely N-dealkylation sites (tertiary alicyclic amines) is 1. The molecular weight excluding hydrogens is 278 g/mol. The third-order valence-corrected chi connectivity index (χ3v) is 7.26. The number of hydrogen-bond acceptors (Lipinski definition) is 5. The fourth-order valence-corrected chi connectivity index (χ4v) is 7.26. The first kappa shape index (κ1) is 12.4. The Labute approximate surface area is 119 Å². The predicted molar refractivity (Wildman–Crippen MR) is 70.7 cm³/mol. The van der Waals surface area contributed by atoms with Crippen LogP contribution in [0.3, 0.4) is 0 Å². The second kappa shape index (κ2) is 3.59. The van der Waals surface area contributed by atoms with Crippen molar-refractivity contribution in [1.29, 1.82) is 0 Å². The molecule has 0 aromatic rings. The Hall–Kier alpha value is -0.170. The molecule has 5 nitrogen and oxygen atoms in total. The Morgan fingerprint density at radius 3 is 2.00 bits per heavy atom. The van der Waals surface area contributed by atoms with E-state index >= 15 is 0 Å². The zero-order valence-corrected chi connectivity index (χ0v) is 12.4. The lowest BCUT2D eigenvalue weighted by molar-refractivity contribution is -0.303. The van der Waals surface area contributed by atoms with Crippen LogP contribution in [-0.4, -0.2) is 31.3 Å². The van der Waals surface area contributed by atoms with Gasteiger partial charge in [-0.2, -0.15) is 16.8 Å². The quantitative estimate of drug-likeness (QED) is 0.741. The summed E-state index contributed by atoms with van der Waals surface area (Å²) < 4.78 is 33.2. The highest BCUT2D eigenvalue weighted by Crippen LogP contribution is 2.61. The standard InChI is InChI=1S/C14H21NO4S/c16-20(17)18-14(19-20)2-1-3-15(14)13-7-10-4-11(8-13)6-12(5-10)9-13/h10-12H,1-9H2. The summed E-state index contributed by atoms with van der Waals surface area (Å²) in [5.41, 5.74) is 0.154. The van der Waals surface area contributed by atoms with E-state index in [1.54, 1.807) is 0 Å². The second-order valence-corrected chi connectivity index (χ2v) is 8.83. The van der Waals surface area contributed by atoms with Crippen LogP contribution in [0.4, 0.5) is 0 Å². The van der Waals surface area contributed by atoms with Gasteiger partial charge in [-0.1, -0.05) is 0 Å². The van der Waals surface area contributed by atoms with E-state index < -0.39 is 16.3 Å². The van der Waals surface area contributed by atoms with Crippen molar-refractivity contribution >= 4 is 10.4 Å². The lowest BCUT2D eigenvalue weighted by atomic mass is 9.52. The first-order valence-electron chi connectivity index (χ1n) is 7.93. The first-order chi connectivity index (χ1) is 9.49. The minimum Gasteiger partial charge on any atom is -0.245 e. The molecule has 2 saturated heterocycles. The van der Waals surface area contributed by atoms with E-state index in [2.05, 4.69) is 4.90 Å². The third-order valence-electron chi connectivity index (χ3n) is 6.33. The zero-order valence-electron chi connectivity index (χ0n) is 11.6. The van der Waals surface area contributed by atoms with Gasteiger partial charge in [-0.05, 0) is 62.7 Å². The van der Waals surface area contributed by atoms with Crippen LogP contribution < -0.4 is 0 Å². The van der Waals surface area contributed by atoms with E-state index in [0.29, 0.717) is 6.42 Å². The molecule has 2 heterocycles. The van der Waals surface area contributed by atoms with Gasteiger partial charge >= 0.3 is 10.4 Å². The summed E-state index contributed by atoms with van der Waals surface area (Å²) in [6, 6.07) is 0. The molecule has 1 spiro atoms. The van der Waals surface area contributed by atoms with E-state index in [4.69, 9.17) is 8.37 Å². The van der Waals surface area contributed by atoms with Gasteiger partial charge in [0.1, 0.15) is 0 Å². The van der Waals surface area contributed by atoms with Crippen LogP contribution in [0.1, 0.15) is 51.4 Å². The Balaban J connectivity index is 1.50. The van der Waals surface area contributed by atoms with Crippen LogP contribution in [0.15, 0.2) is 0 Å². The number of rotatable bonds is 1. The van der Waals surface area contributed by atoms with Crippen molar-refractivity contribution < 1.29 is 16.8 Å². The van der Waals surface area contributed by atoms with Crippen LogP contribution in [0.25, 0.3) is 0 Å². The van der Waals surface area contributed by atoms with Gasteiger partial charge in [0, 0.05) is 18.5 Å². The third kappa shape index (κ3) is 1.51. The van der Waals surface area contributed by atoms with Crippen molar-refractivity contribution in [2.45, 2.75) is 62.8 Å².